The van der Waals surface area contributed by atoms with Gasteiger partial charge in [-0.05, 0) is 44.5 Å². The summed E-state index contributed by atoms with van der Waals surface area (Å²) in [5.74, 6) is -0.353. The van der Waals surface area contributed by atoms with Crippen LogP contribution in [-0.4, -0.2) is 19.9 Å². The lowest BCUT2D eigenvalue weighted by Crippen LogP contribution is -2.41. The fourth-order valence-electron chi connectivity index (χ4n) is 2.34. The molecule has 0 heterocycles. The molecule has 0 radical (unpaired) electrons. The van der Waals surface area contributed by atoms with Crippen LogP contribution in [0, 0.1) is 0 Å². The van der Waals surface area contributed by atoms with Gasteiger partial charge < -0.3 is 11.1 Å². The summed E-state index contributed by atoms with van der Waals surface area (Å²) >= 11 is 0. The van der Waals surface area contributed by atoms with Crippen molar-refractivity contribution < 1.29 is 13.2 Å². The minimum atomic E-state index is -3.70. The third-order valence-electron chi connectivity index (χ3n) is 3.35. The molecule has 0 spiro atoms. The van der Waals surface area contributed by atoms with Crippen LogP contribution in [-0.2, 0) is 16.6 Å². The minimum absolute atomic E-state index is 0. The Balaban J connectivity index is 0.00000338. The van der Waals surface area contributed by atoms with Crippen molar-refractivity contribution in [3.63, 3.8) is 0 Å². The number of carbonyl (C=O) groups is 1. The van der Waals surface area contributed by atoms with Crippen LogP contribution in [0.3, 0.4) is 0 Å². The van der Waals surface area contributed by atoms with E-state index >= 15 is 0 Å². The van der Waals surface area contributed by atoms with Crippen molar-refractivity contribution in [3.05, 3.63) is 59.7 Å². The Kier molecular flexibility index (Phi) is 7.20. The van der Waals surface area contributed by atoms with E-state index in [2.05, 4.69) is 10.0 Å². The Morgan fingerprint density at radius 1 is 1.04 bits per heavy atom. The summed E-state index contributed by atoms with van der Waals surface area (Å²) in [6.07, 6.45) is 0. The molecule has 26 heavy (non-hydrogen) atoms. The number of carbonyl (C=O) groups excluding carboxylic acids is 1. The quantitative estimate of drug-likeness (QED) is 0.675. The Morgan fingerprint density at radius 2 is 1.62 bits per heavy atom. The van der Waals surface area contributed by atoms with Crippen LogP contribution in [0.4, 0.5) is 5.69 Å². The van der Waals surface area contributed by atoms with Crippen LogP contribution in [0.25, 0.3) is 0 Å². The molecule has 0 aliphatic rings. The van der Waals surface area contributed by atoms with Gasteiger partial charge in [-0.15, -0.1) is 12.4 Å². The smallest absolute Gasteiger partial charge is 0.253 e. The molecule has 2 aromatic carbocycles. The van der Waals surface area contributed by atoms with Gasteiger partial charge in [0, 0.05) is 17.8 Å². The lowest BCUT2D eigenvalue weighted by molar-refractivity contribution is 0.0951. The highest BCUT2D eigenvalue weighted by atomic mass is 35.5. The number of hydrogen-bond acceptors (Lipinski definition) is 4. The third kappa shape index (κ3) is 5.72. The molecule has 0 aliphatic carbocycles. The monoisotopic (exact) mass is 397 g/mol. The molecule has 8 heteroatoms. The molecule has 0 atom stereocenters. The number of rotatable bonds is 5. The number of nitrogens with one attached hydrogen (secondary N) is 2. The summed E-state index contributed by atoms with van der Waals surface area (Å²) in [6.45, 7) is 5.39. The average Bonchev–Trinajstić information content (AvgIpc) is 2.51. The van der Waals surface area contributed by atoms with Crippen molar-refractivity contribution in [1.29, 1.82) is 0 Å². The maximum Gasteiger partial charge on any atom is 0.253 e. The highest BCUT2D eigenvalue weighted by Crippen LogP contribution is 2.18. The van der Waals surface area contributed by atoms with Crippen LogP contribution >= 0.6 is 12.4 Å². The zero-order chi connectivity index (χ0) is 18.7. The van der Waals surface area contributed by atoms with Gasteiger partial charge in [0.15, 0.2) is 0 Å². The average molecular weight is 398 g/mol. The van der Waals surface area contributed by atoms with Crippen LogP contribution < -0.4 is 15.8 Å². The largest absolute Gasteiger partial charge is 0.398 e. The molecule has 0 saturated carbocycles. The minimum Gasteiger partial charge on any atom is -0.398 e. The van der Waals surface area contributed by atoms with Gasteiger partial charge in [0.05, 0.1) is 10.5 Å². The lowest BCUT2D eigenvalue weighted by Gasteiger charge is -2.21. The van der Waals surface area contributed by atoms with Gasteiger partial charge in [0.25, 0.3) is 5.91 Å². The second-order valence-electron chi connectivity index (χ2n) is 6.73. The summed E-state index contributed by atoms with van der Waals surface area (Å²) in [4.78, 5) is 12.4. The SMILES string of the molecule is CC(C)(C)NS(=O)(=O)c1ccccc1CNC(=O)c1ccccc1N.Cl. The Hall–Kier alpha value is -2.09. The number of nitrogens with two attached hydrogens (primary N) is 1. The molecule has 4 N–H and O–H groups in total. The van der Waals surface area contributed by atoms with Crippen molar-refractivity contribution in [1.82, 2.24) is 10.0 Å². The van der Waals surface area contributed by atoms with Gasteiger partial charge in [-0.25, -0.2) is 13.1 Å². The van der Waals surface area contributed by atoms with Gasteiger partial charge in [-0.2, -0.15) is 0 Å². The molecule has 1 amide bonds. The fraction of sp³-hybridized carbons (Fsp3) is 0.278. The highest BCUT2D eigenvalue weighted by Gasteiger charge is 2.24. The van der Waals surface area contributed by atoms with Gasteiger partial charge in [-0.3, -0.25) is 4.79 Å². The molecule has 0 aliphatic heterocycles. The van der Waals surface area contributed by atoms with E-state index in [-0.39, 0.29) is 29.8 Å². The molecule has 0 aromatic heterocycles. The molecule has 0 unspecified atom stereocenters. The first-order valence-electron chi connectivity index (χ1n) is 7.85. The second kappa shape index (κ2) is 8.53. The number of para-hydroxylation sites is 1. The molecule has 0 saturated heterocycles. The standard InChI is InChI=1S/C18H23N3O3S.ClH/c1-18(2,3)21-25(23,24)16-11-7-4-8-13(16)12-20-17(22)14-9-5-6-10-15(14)19;/h4-11,21H,12,19H2,1-3H3,(H,20,22);1H. The van der Waals surface area contributed by atoms with Crippen molar-refractivity contribution in [2.45, 2.75) is 37.8 Å². The third-order valence-corrected chi connectivity index (χ3v) is 5.21. The second-order valence-corrected chi connectivity index (χ2v) is 8.38. The number of anilines is 1. The molecule has 2 aromatic rings. The topological polar surface area (TPSA) is 101 Å². The summed E-state index contributed by atoms with van der Waals surface area (Å²) in [5.41, 5.74) is 6.42. The number of nitrogen functional groups attached to an aromatic ring is 1. The van der Waals surface area contributed by atoms with E-state index < -0.39 is 15.6 Å². The number of amides is 1. The van der Waals surface area contributed by atoms with Crippen LogP contribution in [0.5, 0.6) is 0 Å². The molecule has 0 bridgehead atoms. The fourth-order valence-corrected chi connectivity index (χ4v) is 4.00. The summed E-state index contributed by atoms with van der Waals surface area (Å²) in [5, 5.41) is 2.72. The van der Waals surface area contributed by atoms with E-state index in [4.69, 9.17) is 5.73 Å². The van der Waals surface area contributed by atoms with Crippen LogP contribution in [0.1, 0.15) is 36.7 Å². The van der Waals surface area contributed by atoms with E-state index in [1.165, 1.54) is 6.07 Å². The van der Waals surface area contributed by atoms with E-state index in [0.717, 1.165) is 0 Å². The summed E-state index contributed by atoms with van der Waals surface area (Å²) in [6, 6.07) is 13.3. The maximum atomic E-state index is 12.6. The van der Waals surface area contributed by atoms with E-state index in [0.29, 0.717) is 16.8 Å². The van der Waals surface area contributed by atoms with Crippen LogP contribution in [0.2, 0.25) is 0 Å². The van der Waals surface area contributed by atoms with Gasteiger partial charge in [-0.1, -0.05) is 30.3 Å². The van der Waals surface area contributed by atoms with Gasteiger partial charge in [0.1, 0.15) is 0 Å². The Bertz CT molecular complexity index is 877. The van der Waals surface area contributed by atoms with E-state index in [1.54, 1.807) is 63.2 Å². The van der Waals surface area contributed by atoms with Crippen molar-refractivity contribution in [3.8, 4) is 0 Å². The number of halogens is 1. The Labute approximate surface area is 160 Å². The first kappa shape index (κ1) is 22.0. The van der Waals surface area contributed by atoms with Crippen molar-refractivity contribution in [2.24, 2.45) is 0 Å². The summed E-state index contributed by atoms with van der Waals surface area (Å²) < 4.78 is 27.8. The van der Waals surface area contributed by atoms with Gasteiger partial charge in [0.2, 0.25) is 10.0 Å². The highest BCUT2D eigenvalue weighted by molar-refractivity contribution is 7.89. The number of hydrogen-bond donors (Lipinski definition) is 3. The predicted molar refractivity (Wildman–Crippen MR) is 106 cm³/mol. The number of benzene rings is 2. The lowest BCUT2D eigenvalue weighted by atomic mass is 10.1. The van der Waals surface area contributed by atoms with Crippen molar-refractivity contribution in [2.75, 3.05) is 5.73 Å². The zero-order valence-electron chi connectivity index (χ0n) is 14.9. The first-order valence-corrected chi connectivity index (χ1v) is 9.33. The van der Waals surface area contributed by atoms with Crippen LogP contribution in [0.15, 0.2) is 53.4 Å². The van der Waals surface area contributed by atoms with Crippen molar-refractivity contribution >= 4 is 34.0 Å². The zero-order valence-corrected chi connectivity index (χ0v) is 16.6. The maximum absolute atomic E-state index is 12.6. The number of sulfonamides is 1. The van der Waals surface area contributed by atoms with E-state index in [9.17, 15) is 13.2 Å². The first-order chi connectivity index (χ1) is 11.6. The Morgan fingerprint density at radius 3 is 2.23 bits per heavy atom. The molecule has 0 fully saturated rings. The molecule has 2 rings (SSSR count). The molecule has 142 valence electrons. The van der Waals surface area contributed by atoms with Gasteiger partial charge >= 0.3 is 0 Å². The summed E-state index contributed by atoms with van der Waals surface area (Å²) in [7, 11) is -3.70. The molecular formula is C18H24ClN3O3S. The molecule has 6 nitrogen and oxygen atoms in total. The predicted octanol–water partition coefficient (Wildman–Crippen LogP) is 2.70. The normalized spacial score (nSPS) is 11.5. The van der Waals surface area contributed by atoms with E-state index in [1.807, 2.05) is 0 Å². The molecular weight excluding hydrogens is 374 g/mol.